The van der Waals surface area contributed by atoms with Gasteiger partial charge in [0.25, 0.3) is 0 Å². The number of hydrogen-bond donors (Lipinski definition) is 0. The highest BCUT2D eigenvalue weighted by Gasteiger charge is 2.45. The molecule has 22 heavy (non-hydrogen) atoms. The molecule has 0 amide bonds. The van der Waals surface area contributed by atoms with Crippen molar-refractivity contribution >= 4 is 8.32 Å². The molecule has 2 rings (SSSR count). The molecule has 0 aromatic carbocycles. The summed E-state index contributed by atoms with van der Waals surface area (Å²) in [4.78, 5) is 0. The van der Waals surface area contributed by atoms with E-state index in [9.17, 15) is 0 Å². The van der Waals surface area contributed by atoms with Gasteiger partial charge in [-0.2, -0.15) is 0 Å². The van der Waals surface area contributed by atoms with Gasteiger partial charge >= 0.3 is 0 Å². The maximum Gasteiger partial charge on any atom is 0.192 e. The molecule has 1 saturated heterocycles. The van der Waals surface area contributed by atoms with Gasteiger partial charge in [-0.05, 0) is 31.1 Å². The van der Waals surface area contributed by atoms with Crippen LogP contribution in [-0.2, 0) is 18.6 Å². The molecular formula is C17H30O4Si. The molecular weight excluding hydrogens is 296 g/mol. The largest absolute Gasteiger partial charge is 0.414 e. The lowest BCUT2D eigenvalue weighted by atomic mass is 10.1. The molecule has 0 unspecified atom stereocenters. The molecule has 2 bridgehead atoms. The van der Waals surface area contributed by atoms with Crippen molar-refractivity contribution in [2.24, 2.45) is 0 Å². The van der Waals surface area contributed by atoms with Crippen LogP contribution in [0.25, 0.3) is 0 Å². The summed E-state index contributed by atoms with van der Waals surface area (Å²) in [7, 11) is -1.78. The lowest BCUT2D eigenvalue weighted by Crippen LogP contribution is -2.46. The Morgan fingerprint density at radius 2 is 1.91 bits per heavy atom. The molecule has 4 nitrogen and oxygen atoms in total. The third-order valence-corrected chi connectivity index (χ3v) is 9.28. The predicted octanol–water partition coefficient (Wildman–Crippen LogP) is 3.65. The van der Waals surface area contributed by atoms with E-state index >= 15 is 0 Å². The minimum Gasteiger partial charge on any atom is -0.414 e. The van der Waals surface area contributed by atoms with E-state index < -0.39 is 8.32 Å². The van der Waals surface area contributed by atoms with Crippen LogP contribution in [0.1, 0.15) is 27.7 Å². The monoisotopic (exact) mass is 326 g/mol. The molecule has 126 valence electrons. The van der Waals surface area contributed by atoms with Gasteiger partial charge in [0.1, 0.15) is 18.3 Å². The Balaban J connectivity index is 1.93. The second kappa shape index (κ2) is 6.97. The van der Waals surface area contributed by atoms with Crippen molar-refractivity contribution in [3.63, 3.8) is 0 Å². The first-order valence-corrected chi connectivity index (χ1v) is 11.0. The highest BCUT2D eigenvalue weighted by Crippen LogP contribution is 2.37. The van der Waals surface area contributed by atoms with Crippen LogP contribution in [0.15, 0.2) is 24.3 Å². The fourth-order valence-corrected chi connectivity index (χ4v) is 3.28. The molecule has 0 radical (unpaired) electrons. The molecule has 4 atom stereocenters. The van der Waals surface area contributed by atoms with Crippen molar-refractivity contribution in [2.75, 3.05) is 13.2 Å². The number of rotatable bonds is 6. The van der Waals surface area contributed by atoms with E-state index in [1.165, 1.54) is 0 Å². The van der Waals surface area contributed by atoms with Crippen LogP contribution in [0.2, 0.25) is 18.1 Å². The average Bonchev–Trinajstić information content (AvgIpc) is 2.76. The average molecular weight is 327 g/mol. The smallest absolute Gasteiger partial charge is 0.192 e. The van der Waals surface area contributed by atoms with Crippen molar-refractivity contribution in [2.45, 2.75) is 70.4 Å². The SMILES string of the molecule is C/C=C/CO[C@H]1C=C[C@H]2O[C@@H]1[C@H](CO[Si](C)(C)C(C)(C)C)O2. The molecule has 2 heterocycles. The van der Waals surface area contributed by atoms with Crippen molar-refractivity contribution in [3.05, 3.63) is 24.3 Å². The molecule has 0 aromatic heterocycles. The van der Waals surface area contributed by atoms with Crippen LogP contribution in [0, 0.1) is 0 Å². The lowest BCUT2D eigenvalue weighted by molar-refractivity contribution is -0.0671. The zero-order valence-corrected chi connectivity index (χ0v) is 15.7. The standard InChI is InChI=1S/C17H30O4Si/c1-7-8-11-18-13-9-10-15-20-14(16(13)21-15)12-19-22(5,6)17(2,3)4/h7-10,13-16H,11-12H2,1-6H3/b8-7+/t13-,14-,15+,16-/m0/s1. The minimum atomic E-state index is -1.78. The minimum absolute atomic E-state index is 0.0651. The number of ether oxygens (including phenoxy) is 3. The number of allylic oxidation sites excluding steroid dienone is 1. The van der Waals surface area contributed by atoms with Gasteiger partial charge in [0.05, 0.1) is 13.2 Å². The number of hydrogen-bond acceptors (Lipinski definition) is 4. The molecule has 0 spiro atoms. The second-order valence-electron chi connectivity index (χ2n) is 7.47. The van der Waals surface area contributed by atoms with E-state index in [0.717, 1.165) is 0 Å². The zero-order valence-electron chi connectivity index (χ0n) is 14.7. The molecule has 2 aliphatic heterocycles. The highest BCUT2D eigenvalue weighted by atomic mass is 28.4. The van der Waals surface area contributed by atoms with Gasteiger partial charge in [0.2, 0.25) is 0 Å². The van der Waals surface area contributed by atoms with Gasteiger partial charge in [-0.3, -0.25) is 0 Å². The summed E-state index contributed by atoms with van der Waals surface area (Å²) in [5, 5.41) is 0.196. The summed E-state index contributed by atoms with van der Waals surface area (Å²) in [6.45, 7) is 14.4. The molecule has 0 N–H and O–H groups in total. The van der Waals surface area contributed by atoms with Gasteiger partial charge in [0, 0.05) is 0 Å². The first kappa shape index (κ1) is 17.9. The lowest BCUT2D eigenvalue weighted by Gasteiger charge is -2.37. The van der Waals surface area contributed by atoms with Gasteiger partial charge in [-0.15, -0.1) is 0 Å². The first-order valence-electron chi connectivity index (χ1n) is 8.10. The Kier molecular flexibility index (Phi) is 5.67. The second-order valence-corrected chi connectivity index (χ2v) is 12.3. The summed E-state index contributed by atoms with van der Waals surface area (Å²) in [5.41, 5.74) is 0. The Hall–Kier alpha value is -0.463. The Morgan fingerprint density at radius 1 is 1.18 bits per heavy atom. The maximum absolute atomic E-state index is 6.30. The van der Waals surface area contributed by atoms with Gasteiger partial charge < -0.3 is 18.6 Å². The van der Waals surface area contributed by atoms with E-state index in [-0.39, 0.29) is 29.6 Å². The zero-order chi connectivity index (χ0) is 16.4. The summed E-state index contributed by atoms with van der Waals surface area (Å²) in [5.74, 6) is 0. The Labute approximate surface area is 135 Å². The van der Waals surface area contributed by atoms with Gasteiger partial charge in [-0.1, -0.05) is 39.0 Å². The van der Waals surface area contributed by atoms with Crippen molar-refractivity contribution in [3.8, 4) is 0 Å². The van der Waals surface area contributed by atoms with Crippen LogP contribution in [0.3, 0.4) is 0 Å². The molecule has 0 saturated carbocycles. The molecule has 2 aliphatic rings. The van der Waals surface area contributed by atoms with Crippen LogP contribution in [0.5, 0.6) is 0 Å². The molecule has 1 fully saturated rings. The van der Waals surface area contributed by atoms with E-state index in [1.54, 1.807) is 0 Å². The molecule has 0 aromatic rings. The quantitative estimate of drug-likeness (QED) is 0.551. The third-order valence-electron chi connectivity index (χ3n) is 4.78. The van der Waals surface area contributed by atoms with Crippen LogP contribution in [-0.4, -0.2) is 46.1 Å². The topological polar surface area (TPSA) is 36.9 Å². The first-order chi connectivity index (χ1) is 10.2. The van der Waals surface area contributed by atoms with Crippen LogP contribution < -0.4 is 0 Å². The normalized spacial score (nSPS) is 32.1. The molecule has 0 aliphatic carbocycles. The van der Waals surface area contributed by atoms with E-state index in [4.69, 9.17) is 18.6 Å². The van der Waals surface area contributed by atoms with E-state index in [2.05, 4.69) is 39.9 Å². The maximum atomic E-state index is 6.30. The highest BCUT2D eigenvalue weighted by molar-refractivity contribution is 6.74. The predicted molar refractivity (Wildman–Crippen MR) is 90.4 cm³/mol. The fraction of sp³-hybridized carbons (Fsp3) is 0.765. The van der Waals surface area contributed by atoms with Gasteiger partial charge in [-0.25, -0.2) is 0 Å². The van der Waals surface area contributed by atoms with Crippen molar-refractivity contribution in [1.82, 2.24) is 0 Å². The van der Waals surface area contributed by atoms with E-state index in [0.29, 0.717) is 13.2 Å². The Morgan fingerprint density at radius 3 is 2.55 bits per heavy atom. The summed E-state index contributed by atoms with van der Waals surface area (Å²) in [6.07, 6.45) is 7.51. The molecule has 5 heteroatoms. The van der Waals surface area contributed by atoms with Crippen molar-refractivity contribution < 1.29 is 18.6 Å². The number of fused-ring (bicyclic) bond motifs is 2. The third kappa shape index (κ3) is 4.09. The van der Waals surface area contributed by atoms with Crippen molar-refractivity contribution in [1.29, 1.82) is 0 Å². The van der Waals surface area contributed by atoms with Gasteiger partial charge in [0.15, 0.2) is 14.6 Å². The summed E-state index contributed by atoms with van der Waals surface area (Å²) < 4.78 is 24.0. The summed E-state index contributed by atoms with van der Waals surface area (Å²) >= 11 is 0. The summed E-state index contributed by atoms with van der Waals surface area (Å²) in [6, 6.07) is 0. The van der Waals surface area contributed by atoms with E-state index in [1.807, 2.05) is 25.2 Å². The fourth-order valence-electron chi connectivity index (χ4n) is 2.27. The Bertz CT molecular complexity index is 425. The van der Waals surface area contributed by atoms with Crippen LogP contribution in [0.4, 0.5) is 0 Å². The van der Waals surface area contributed by atoms with Crippen LogP contribution >= 0.6 is 0 Å².